The highest BCUT2D eigenvalue weighted by Gasteiger charge is 2.07. The Morgan fingerprint density at radius 3 is 2.71 bits per heavy atom. The zero-order valence-electron chi connectivity index (χ0n) is 7.87. The molecule has 0 atom stereocenters. The molecule has 14 heavy (non-hydrogen) atoms. The molecule has 0 fully saturated rings. The van der Waals surface area contributed by atoms with E-state index in [1.54, 1.807) is 0 Å². The van der Waals surface area contributed by atoms with Gasteiger partial charge in [-0.05, 0) is 38.2 Å². The van der Waals surface area contributed by atoms with E-state index in [9.17, 15) is 0 Å². The van der Waals surface area contributed by atoms with Crippen molar-refractivity contribution in [2.75, 3.05) is 0 Å². The summed E-state index contributed by atoms with van der Waals surface area (Å²) in [6.45, 7) is 3.85. The van der Waals surface area contributed by atoms with Gasteiger partial charge in [-0.1, -0.05) is 0 Å². The molecule has 2 rings (SSSR count). The summed E-state index contributed by atoms with van der Waals surface area (Å²) >= 11 is 4.80. The first-order valence-corrected chi connectivity index (χ1v) is 4.58. The van der Waals surface area contributed by atoms with E-state index in [2.05, 4.69) is 15.2 Å². The van der Waals surface area contributed by atoms with Gasteiger partial charge in [0.1, 0.15) is 0 Å². The normalized spacial score (nSPS) is 10.4. The monoisotopic (exact) mass is 207 g/mol. The van der Waals surface area contributed by atoms with Gasteiger partial charge in [-0.2, -0.15) is 0 Å². The molecule has 1 N–H and O–H groups in total. The van der Waals surface area contributed by atoms with Gasteiger partial charge in [-0.15, -0.1) is 5.10 Å². The Morgan fingerprint density at radius 2 is 2.14 bits per heavy atom. The summed E-state index contributed by atoms with van der Waals surface area (Å²) < 4.78 is 5.20. The number of aryl methyl sites for hydroxylation is 2. The van der Waals surface area contributed by atoms with Crippen LogP contribution < -0.4 is 0 Å². The second-order valence-electron chi connectivity index (χ2n) is 3.00. The third kappa shape index (κ3) is 1.58. The summed E-state index contributed by atoms with van der Waals surface area (Å²) in [5.74, 6) is 0.486. The van der Waals surface area contributed by atoms with Gasteiger partial charge < -0.3 is 4.42 Å². The van der Waals surface area contributed by atoms with Crippen molar-refractivity contribution < 1.29 is 4.42 Å². The Bertz CT molecular complexity index is 515. The van der Waals surface area contributed by atoms with E-state index in [-0.39, 0.29) is 4.84 Å². The molecule has 5 heteroatoms. The van der Waals surface area contributed by atoms with Crippen LogP contribution in [0.15, 0.2) is 16.5 Å². The molecular weight excluding hydrogens is 198 g/mol. The van der Waals surface area contributed by atoms with Crippen LogP contribution in [-0.2, 0) is 0 Å². The van der Waals surface area contributed by atoms with E-state index in [1.807, 2.05) is 26.0 Å². The molecule has 0 radical (unpaired) electrons. The molecule has 0 aliphatic rings. The summed E-state index contributed by atoms with van der Waals surface area (Å²) in [4.78, 5) is 4.59. The zero-order chi connectivity index (χ0) is 10.1. The van der Waals surface area contributed by atoms with E-state index < -0.39 is 0 Å². The van der Waals surface area contributed by atoms with Gasteiger partial charge in [-0.3, -0.25) is 4.98 Å². The number of pyridine rings is 1. The van der Waals surface area contributed by atoms with Crippen LogP contribution in [0, 0.1) is 18.7 Å². The first kappa shape index (κ1) is 9.08. The summed E-state index contributed by atoms with van der Waals surface area (Å²) in [5, 5.41) is 6.52. The standard InChI is InChI=1S/C9H9N3OS/c1-5-3-4-7(6(2)10-5)8-11-12-9(14)13-8/h3-4H,1-2H3,(H,12,14). The van der Waals surface area contributed by atoms with Crippen LogP contribution in [0.1, 0.15) is 11.4 Å². The molecule has 0 saturated heterocycles. The number of rotatable bonds is 1. The lowest BCUT2D eigenvalue weighted by atomic mass is 10.2. The Morgan fingerprint density at radius 1 is 1.36 bits per heavy atom. The third-order valence-electron chi connectivity index (χ3n) is 1.89. The summed E-state index contributed by atoms with van der Waals surface area (Å²) in [6.07, 6.45) is 0. The third-order valence-corrected chi connectivity index (χ3v) is 2.07. The SMILES string of the molecule is Cc1ccc(-c2n[nH]c(=S)o2)c(C)n1. The number of hydrogen-bond acceptors (Lipinski definition) is 4. The van der Waals surface area contributed by atoms with E-state index in [0.717, 1.165) is 17.0 Å². The maximum atomic E-state index is 5.20. The number of aromatic nitrogens is 3. The lowest BCUT2D eigenvalue weighted by Crippen LogP contribution is -1.90. The van der Waals surface area contributed by atoms with Crippen LogP contribution >= 0.6 is 12.2 Å². The van der Waals surface area contributed by atoms with Gasteiger partial charge in [0.2, 0.25) is 5.89 Å². The Hall–Kier alpha value is -1.49. The van der Waals surface area contributed by atoms with Crippen LogP contribution in [0.25, 0.3) is 11.5 Å². The second kappa shape index (κ2) is 3.34. The Balaban J connectivity index is 2.57. The number of aromatic amines is 1. The zero-order valence-corrected chi connectivity index (χ0v) is 8.68. The molecular formula is C9H9N3OS. The largest absolute Gasteiger partial charge is 0.409 e. The summed E-state index contributed by atoms with van der Waals surface area (Å²) in [5.41, 5.74) is 2.72. The van der Waals surface area contributed by atoms with Gasteiger partial charge in [0.15, 0.2) is 0 Å². The average Bonchev–Trinajstić information content (AvgIpc) is 2.51. The average molecular weight is 207 g/mol. The molecule has 0 aliphatic carbocycles. The van der Waals surface area contributed by atoms with Crippen molar-refractivity contribution in [2.24, 2.45) is 0 Å². The number of H-pyrrole nitrogens is 1. The molecule has 0 spiro atoms. The molecule has 0 bridgehead atoms. The fourth-order valence-electron chi connectivity index (χ4n) is 1.26. The Labute approximate surface area is 86.0 Å². The lowest BCUT2D eigenvalue weighted by Gasteiger charge is -2.00. The van der Waals surface area contributed by atoms with Crippen LogP contribution in [0.5, 0.6) is 0 Å². The minimum absolute atomic E-state index is 0.278. The second-order valence-corrected chi connectivity index (χ2v) is 3.37. The Kier molecular flexibility index (Phi) is 2.17. The highest BCUT2D eigenvalue weighted by Crippen LogP contribution is 2.19. The molecule has 2 aromatic heterocycles. The van der Waals surface area contributed by atoms with Crippen molar-refractivity contribution in [3.05, 3.63) is 28.4 Å². The molecule has 2 aromatic rings. The molecule has 2 heterocycles. The molecule has 0 unspecified atom stereocenters. The lowest BCUT2D eigenvalue weighted by molar-refractivity contribution is 0.551. The van der Waals surface area contributed by atoms with Crippen molar-refractivity contribution in [1.29, 1.82) is 0 Å². The van der Waals surface area contributed by atoms with Gasteiger partial charge in [0.05, 0.1) is 11.3 Å². The number of hydrogen-bond donors (Lipinski definition) is 1. The van der Waals surface area contributed by atoms with Crippen molar-refractivity contribution in [3.63, 3.8) is 0 Å². The van der Waals surface area contributed by atoms with Gasteiger partial charge >= 0.3 is 0 Å². The van der Waals surface area contributed by atoms with Crippen molar-refractivity contribution in [2.45, 2.75) is 13.8 Å². The number of nitrogens with zero attached hydrogens (tertiary/aromatic N) is 2. The first-order chi connectivity index (χ1) is 6.66. The molecule has 0 aromatic carbocycles. The summed E-state index contributed by atoms with van der Waals surface area (Å²) in [6, 6.07) is 3.84. The molecule has 0 amide bonds. The fraction of sp³-hybridized carbons (Fsp3) is 0.222. The molecule has 0 saturated carbocycles. The predicted molar refractivity (Wildman–Crippen MR) is 54.4 cm³/mol. The maximum absolute atomic E-state index is 5.20. The van der Waals surface area contributed by atoms with Gasteiger partial charge in [-0.25, -0.2) is 5.10 Å². The first-order valence-electron chi connectivity index (χ1n) is 4.17. The smallest absolute Gasteiger partial charge is 0.284 e. The van der Waals surface area contributed by atoms with Crippen molar-refractivity contribution in [3.8, 4) is 11.5 Å². The van der Waals surface area contributed by atoms with Crippen LogP contribution in [0.4, 0.5) is 0 Å². The van der Waals surface area contributed by atoms with Crippen LogP contribution in [0.3, 0.4) is 0 Å². The molecule has 0 aliphatic heterocycles. The van der Waals surface area contributed by atoms with Crippen molar-refractivity contribution in [1.82, 2.24) is 15.2 Å². The maximum Gasteiger partial charge on any atom is 0.284 e. The summed E-state index contributed by atoms with van der Waals surface area (Å²) in [7, 11) is 0. The minimum atomic E-state index is 0.278. The van der Waals surface area contributed by atoms with Crippen LogP contribution in [0.2, 0.25) is 0 Å². The fourth-order valence-corrected chi connectivity index (χ4v) is 1.38. The van der Waals surface area contributed by atoms with Crippen LogP contribution in [-0.4, -0.2) is 15.2 Å². The van der Waals surface area contributed by atoms with Gasteiger partial charge in [0, 0.05) is 5.69 Å². The minimum Gasteiger partial charge on any atom is -0.409 e. The molecule has 4 nitrogen and oxygen atoms in total. The quantitative estimate of drug-likeness (QED) is 0.729. The van der Waals surface area contributed by atoms with Crippen molar-refractivity contribution >= 4 is 12.2 Å². The topological polar surface area (TPSA) is 54.7 Å². The van der Waals surface area contributed by atoms with E-state index in [1.165, 1.54) is 0 Å². The highest BCUT2D eigenvalue weighted by molar-refractivity contribution is 7.71. The van der Waals surface area contributed by atoms with E-state index in [0.29, 0.717) is 5.89 Å². The van der Waals surface area contributed by atoms with E-state index in [4.69, 9.17) is 16.6 Å². The predicted octanol–water partition coefficient (Wildman–Crippen LogP) is 2.41. The highest BCUT2D eigenvalue weighted by atomic mass is 32.1. The number of nitrogens with one attached hydrogen (secondary N) is 1. The molecule has 72 valence electrons. The van der Waals surface area contributed by atoms with Gasteiger partial charge in [0.25, 0.3) is 4.84 Å². The van der Waals surface area contributed by atoms with E-state index >= 15 is 0 Å².